The Morgan fingerprint density at radius 1 is 0.905 bits per heavy atom. The number of aliphatic hydroxyl groups excluding tert-OH is 4. The summed E-state index contributed by atoms with van der Waals surface area (Å²) in [7, 11) is 0. The Hall–Kier alpha value is 0.0900. The van der Waals surface area contributed by atoms with Crippen LogP contribution in [0.3, 0.4) is 0 Å². The Labute approximate surface area is 134 Å². The topological polar surface area (TPSA) is 84.2 Å². The van der Waals surface area contributed by atoms with Crippen LogP contribution in [0.15, 0.2) is 0 Å². The normalized spacial score (nSPS) is 30.1. The van der Waals surface area contributed by atoms with Gasteiger partial charge in [0, 0.05) is 6.54 Å². The summed E-state index contributed by atoms with van der Waals surface area (Å²) in [4.78, 5) is 1.90. The first-order valence-electron chi connectivity index (χ1n) is 8.01. The SMILES string of the molecule is CCCCCCCCCN1C[C@@H](O)[C@H](O)[C@@H](O)[C@@H]1CO.Cl. The predicted molar refractivity (Wildman–Crippen MR) is 85.7 cm³/mol. The van der Waals surface area contributed by atoms with Crippen molar-refractivity contribution in [2.75, 3.05) is 19.7 Å². The van der Waals surface area contributed by atoms with E-state index < -0.39 is 24.4 Å². The van der Waals surface area contributed by atoms with Crippen molar-refractivity contribution >= 4 is 12.4 Å². The largest absolute Gasteiger partial charge is 0.395 e. The Bertz CT molecular complexity index is 258. The van der Waals surface area contributed by atoms with Gasteiger partial charge in [-0.15, -0.1) is 12.4 Å². The van der Waals surface area contributed by atoms with E-state index in [1.165, 1.54) is 32.1 Å². The van der Waals surface area contributed by atoms with Crippen molar-refractivity contribution in [3.63, 3.8) is 0 Å². The van der Waals surface area contributed by atoms with Crippen molar-refractivity contribution in [2.24, 2.45) is 0 Å². The second-order valence-electron chi connectivity index (χ2n) is 5.91. The van der Waals surface area contributed by atoms with Gasteiger partial charge in [0.2, 0.25) is 0 Å². The van der Waals surface area contributed by atoms with Gasteiger partial charge in [-0.2, -0.15) is 0 Å². The van der Waals surface area contributed by atoms with E-state index in [-0.39, 0.29) is 19.0 Å². The summed E-state index contributed by atoms with van der Waals surface area (Å²) >= 11 is 0. The van der Waals surface area contributed by atoms with Crippen LogP contribution in [0.1, 0.15) is 51.9 Å². The molecule has 1 aliphatic heterocycles. The minimum atomic E-state index is -1.16. The summed E-state index contributed by atoms with van der Waals surface area (Å²) < 4.78 is 0. The smallest absolute Gasteiger partial charge is 0.109 e. The van der Waals surface area contributed by atoms with Gasteiger partial charge in [-0.1, -0.05) is 45.4 Å². The third kappa shape index (κ3) is 6.80. The molecule has 1 fully saturated rings. The molecule has 1 saturated heterocycles. The molecule has 0 aliphatic carbocycles. The first-order chi connectivity index (χ1) is 9.61. The lowest BCUT2D eigenvalue weighted by molar-refractivity contribution is -0.145. The van der Waals surface area contributed by atoms with E-state index in [0.29, 0.717) is 6.54 Å². The zero-order chi connectivity index (χ0) is 15.0. The molecule has 0 bridgehead atoms. The molecule has 0 saturated carbocycles. The molecule has 0 amide bonds. The van der Waals surface area contributed by atoms with Crippen LogP contribution in [-0.2, 0) is 0 Å². The van der Waals surface area contributed by atoms with Crippen LogP contribution >= 0.6 is 12.4 Å². The van der Waals surface area contributed by atoms with E-state index in [4.69, 9.17) is 0 Å². The van der Waals surface area contributed by atoms with Gasteiger partial charge in [0.1, 0.15) is 12.2 Å². The number of unbranched alkanes of at least 4 members (excludes halogenated alkanes) is 6. The Morgan fingerprint density at radius 2 is 1.48 bits per heavy atom. The van der Waals surface area contributed by atoms with Gasteiger partial charge in [-0.3, -0.25) is 4.90 Å². The van der Waals surface area contributed by atoms with Gasteiger partial charge in [0.25, 0.3) is 0 Å². The number of halogens is 1. The molecule has 0 unspecified atom stereocenters. The molecule has 128 valence electrons. The molecule has 5 nitrogen and oxygen atoms in total. The predicted octanol–water partition coefficient (Wildman–Crippen LogP) is 0.918. The molecule has 6 heteroatoms. The second-order valence-corrected chi connectivity index (χ2v) is 5.91. The molecule has 4 atom stereocenters. The number of hydrogen-bond acceptors (Lipinski definition) is 5. The number of hydrogen-bond donors (Lipinski definition) is 4. The van der Waals surface area contributed by atoms with Crippen LogP contribution in [0.25, 0.3) is 0 Å². The van der Waals surface area contributed by atoms with Crippen LogP contribution in [0.5, 0.6) is 0 Å². The van der Waals surface area contributed by atoms with E-state index >= 15 is 0 Å². The van der Waals surface area contributed by atoms with Crippen LogP contribution in [0.2, 0.25) is 0 Å². The first kappa shape index (κ1) is 21.1. The van der Waals surface area contributed by atoms with Crippen molar-refractivity contribution in [1.82, 2.24) is 4.90 Å². The molecule has 0 spiro atoms. The fraction of sp³-hybridized carbons (Fsp3) is 1.00. The maximum Gasteiger partial charge on any atom is 0.109 e. The molecular weight excluding hydrogens is 294 g/mol. The number of aliphatic hydroxyl groups is 4. The quantitative estimate of drug-likeness (QED) is 0.474. The number of likely N-dealkylation sites (tertiary alicyclic amines) is 1. The van der Waals surface area contributed by atoms with Crippen molar-refractivity contribution in [2.45, 2.75) is 76.2 Å². The monoisotopic (exact) mass is 325 g/mol. The highest BCUT2D eigenvalue weighted by atomic mass is 35.5. The fourth-order valence-corrected chi connectivity index (χ4v) is 2.91. The molecule has 0 aromatic carbocycles. The van der Waals surface area contributed by atoms with Crippen LogP contribution < -0.4 is 0 Å². The van der Waals surface area contributed by atoms with Gasteiger partial charge >= 0.3 is 0 Å². The zero-order valence-electron chi connectivity index (χ0n) is 13.0. The van der Waals surface area contributed by atoms with Crippen molar-refractivity contribution in [3.05, 3.63) is 0 Å². The van der Waals surface area contributed by atoms with E-state index in [1.54, 1.807) is 0 Å². The minimum Gasteiger partial charge on any atom is -0.395 e. The number of nitrogens with zero attached hydrogens (tertiary/aromatic N) is 1. The first-order valence-corrected chi connectivity index (χ1v) is 8.01. The van der Waals surface area contributed by atoms with Gasteiger partial charge in [0.05, 0.1) is 18.8 Å². The van der Waals surface area contributed by atoms with Gasteiger partial charge in [0.15, 0.2) is 0 Å². The highest BCUT2D eigenvalue weighted by Gasteiger charge is 2.40. The summed E-state index contributed by atoms with van der Waals surface area (Å²) in [6.07, 6.45) is 5.29. The number of rotatable bonds is 9. The van der Waals surface area contributed by atoms with E-state index in [2.05, 4.69) is 6.92 Å². The van der Waals surface area contributed by atoms with E-state index in [9.17, 15) is 20.4 Å². The molecule has 1 aliphatic rings. The highest BCUT2D eigenvalue weighted by Crippen LogP contribution is 2.19. The third-order valence-corrected chi connectivity index (χ3v) is 4.26. The lowest BCUT2D eigenvalue weighted by Crippen LogP contribution is -2.62. The van der Waals surface area contributed by atoms with E-state index in [1.807, 2.05) is 4.90 Å². The molecule has 4 N–H and O–H groups in total. The van der Waals surface area contributed by atoms with Gasteiger partial charge < -0.3 is 20.4 Å². The molecular formula is C15H32ClNO4. The maximum absolute atomic E-state index is 9.87. The maximum atomic E-state index is 9.87. The Balaban J connectivity index is 0.00000400. The Kier molecular flexibility index (Phi) is 11.7. The Morgan fingerprint density at radius 3 is 2.05 bits per heavy atom. The summed E-state index contributed by atoms with van der Waals surface area (Å²) in [6.45, 7) is 3.08. The molecule has 1 rings (SSSR count). The summed E-state index contributed by atoms with van der Waals surface area (Å²) in [5, 5.41) is 38.5. The van der Waals surface area contributed by atoms with Crippen LogP contribution in [0.4, 0.5) is 0 Å². The van der Waals surface area contributed by atoms with Gasteiger partial charge in [-0.05, 0) is 13.0 Å². The van der Waals surface area contributed by atoms with Crippen molar-refractivity contribution in [3.8, 4) is 0 Å². The number of piperidine rings is 1. The summed E-state index contributed by atoms with van der Waals surface area (Å²) in [5.41, 5.74) is 0. The van der Waals surface area contributed by atoms with Gasteiger partial charge in [-0.25, -0.2) is 0 Å². The lowest BCUT2D eigenvalue weighted by atomic mass is 9.94. The van der Waals surface area contributed by atoms with E-state index in [0.717, 1.165) is 19.4 Å². The highest BCUT2D eigenvalue weighted by molar-refractivity contribution is 5.85. The second kappa shape index (κ2) is 11.6. The zero-order valence-corrected chi connectivity index (χ0v) is 13.8. The fourth-order valence-electron chi connectivity index (χ4n) is 2.91. The molecule has 21 heavy (non-hydrogen) atoms. The number of β-amino-alcohol motifs (C(OH)–C–C–N with tert-alkyl or cyclic N) is 1. The summed E-state index contributed by atoms with van der Waals surface area (Å²) in [5.74, 6) is 0. The average molecular weight is 326 g/mol. The minimum absolute atomic E-state index is 0. The van der Waals surface area contributed by atoms with Crippen molar-refractivity contribution in [1.29, 1.82) is 0 Å². The third-order valence-electron chi connectivity index (χ3n) is 4.26. The standard InChI is InChI=1S/C15H31NO4.ClH/c1-2-3-4-5-6-7-8-9-16-10-13(18)15(20)14(19)12(16)11-17;/h12-15,17-20H,2-11H2,1H3;1H/t12-,13+,14-,15-;/m0./s1. The van der Waals surface area contributed by atoms with Crippen LogP contribution in [0, 0.1) is 0 Å². The van der Waals surface area contributed by atoms with Crippen molar-refractivity contribution < 1.29 is 20.4 Å². The molecule has 0 aromatic heterocycles. The lowest BCUT2D eigenvalue weighted by Gasteiger charge is -2.43. The van der Waals surface area contributed by atoms with Crippen LogP contribution in [-0.4, -0.2) is 69.4 Å². The molecule has 0 radical (unpaired) electrons. The summed E-state index contributed by atoms with van der Waals surface area (Å²) in [6, 6.07) is -0.464. The average Bonchev–Trinajstić information content (AvgIpc) is 2.44. The molecule has 0 aromatic rings. The molecule has 1 heterocycles.